The number of carbonyl (C=O) groups is 1. The van der Waals surface area contributed by atoms with Gasteiger partial charge in [-0.25, -0.2) is 4.99 Å². The number of guanidine groups is 1. The van der Waals surface area contributed by atoms with E-state index < -0.39 is 0 Å². The van der Waals surface area contributed by atoms with E-state index in [0.29, 0.717) is 13.0 Å². The molecular formula is C20H30IN7O. The molecule has 29 heavy (non-hydrogen) atoms. The van der Waals surface area contributed by atoms with Gasteiger partial charge in [0, 0.05) is 44.7 Å². The molecule has 0 radical (unpaired) electrons. The average molecular weight is 511 g/mol. The Morgan fingerprint density at radius 1 is 1.21 bits per heavy atom. The van der Waals surface area contributed by atoms with E-state index >= 15 is 0 Å². The van der Waals surface area contributed by atoms with Gasteiger partial charge in [-0.2, -0.15) is 0 Å². The average Bonchev–Trinajstić information content (AvgIpc) is 3.35. The van der Waals surface area contributed by atoms with Gasteiger partial charge in [0.25, 0.3) is 0 Å². The molecule has 0 spiro atoms. The van der Waals surface area contributed by atoms with Gasteiger partial charge in [0.15, 0.2) is 5.96 Å². The van der Waals surface area contributed by atoms with Gasteiger partial charge in [-0.05, 0) is 31.0 Å². The molecule has 0 unspecified atom stereocenters. The van der Waals surface area contributed by atoms with Crippen LogP contribution in [0.3, 0.4) is 0 Å². The van der Waals surface area contributed by atoms with Crippen molar-refractivity contribution >= 4 is 41.5 Å². The minimum Gasteiger partial charge on any atom is -0.357 e. The monoisotopic (exact) mass is 511 g/mol. The van der Waals surface area contributed by atoms with E-state index in [1.54, 1.807) is 6.33 Å². The Bertz CT molecular complexity index is 803. The Morgan fingerprint density at radius 3 is 2.66 bits per heavy atom. The molecule has 1 amide bonds. The topological polar surface area (TPSA) is 87.4 Å². The quantitative estimate of drug-likeness (QED) is 0.323. The highest BCUT2D eigenvalue weighted by Crippen LogP contribution is 2.21. The number of amides is 1. The number of aliphatic imine (C=N–C) groups is 1. The molecule has 0 aliphatic carbocycles. The SMILES string of the molecule is CCNC(=NCc1ccc(N2CCCC2=O)cc1)NCCn1cnnc1CC.I. The van der Waals surface area contributed by atoms with E-state index in [1.807, 2.05) is 36.1 Å². The summed E-state index contributed by atoms with van der Waals surface area (Å²) in [5.74, 6) is 1.98. The Labute approximate surface area is 189 Å². The molecule has 2 heterocycles. The number of carbonyl (C=O) groups excluding carboxylic acids is 1. The lowest BCUT2D eigenvalue weighted by atomic mass is 10.2. The van der Waals surface area contributed by atoms with Gasteiger partial charge in [0.2, 0.25) is 5.91 Å². The minimum absolute atomic E-state index is 0. The molecule has 1 aromatic carbocycles. The fourth-order valence-corrected chi connectivity index (χ4v) is 3.25. The van der Waals surface area contributed by atoms with Gasteiger partial charge in [0.1, 0.15) is 12.2 Å². The summed E-state index contributed by atoms with van der Waals surface area (Å²) in [5.41, 5.74) is 2.08. The van der Waals surface area contributed by atoms with Crippen molar-refractivity contribution in [2.45, 2.75) is 46.2 Å². The maximum atomic E-state index is 11.9. The van der Waals surface area contributed by atoms with Crippen LogP contribution in [-0.4, -0.2) is 46.3 Å². The zero-order valence-electron chi connectivity index (χ0n) is 17.1. The summed E-state index contributed by atoms with van der Waals surface area (Å²) in [5, 5.41) is 14.7. The fraction of sp³-hybridized carbons (Fsp3) is 0.500. The third kappa shape index (κ3) is 6.41. The van der Waals surface area contributed by atoms with Crippen LogP contribution in [0.4, 0.5) is 5.69 Å². The van der Waals surface area contributed by atoms with Gasteiger partial charge < -0.3 is 20.1 Å². The molecule has 158 valence electrons. The Kier molecular flexibility index (Phi) is 9.36. The maximum Gasteiger partial charge on any atom is 0.227 e. The van der Waals surface area contributed by atoms with E-state index in [9.17, 15) is 4.79 Å². The van der Waals surface area contributed by atoms with E-state index in [1.165, 1.54) is 0 Å². The van der Waals surface area contributed by atoms with Crippen LogP contribution in [0, 0.1) is 0 Å². The zero-order valence-corrected chi connectivity index (χ0v) is 19.4. The minimum atomic E-state index is 0. The highest BCUT2D eigenvalue weighted by Gasteiger charge is 2.21. The van der Waals surface area contributed by atoms with Gasteiger partial charge in [-0.1, -0.05) is 19.1 Å². The van der Waals surface area contributed by atoms with Gasteiger partial charge in [-0.3, -0.25) is 4.79 Å². The normalized spacial score (nSPS) is 14.1. The number of benzene rings is 1. The Morgan fingerprint density at radius 2 is 2.00 bits per heavy atom. The predicted molar refractivity (Wildman–Crippen MR) is 126 cm³/mol. The van der Waals surface area contributed by atoms with Crippen LogP contribution in [0.5, 0.6) is 0 Å². The number of nitrogens with one attached hydrogen (secondary N) is 2. The van der Waals surface area contributed by atoms with Crippen LogP contribution in [0.2, 0.25) is 0 Å². The number of rotatable bonds is 8. The Balaban J connectivity index is 0.00000300. The molecule has 0 saturated carbocycles. The van der Waals surface area contributed by atoms with E-state index in [-0.39, 0.29) is 29.9 Å². The van der Waals surface area contributed by atoms with E-state index in [2.05, 4.69) is 37.3 Å². The predicted octanol–water partition coefficient (Wildman–Crippen LogP) is 2.34. The smallest absolute Gasteiger partial charge is 0.227 e. The highest BCUT2D eigenvalue weighted by atomic mass is 127. The van der Waals surface area contributed by atoms with Crippen LogP contribution in [-0.2, 0) is 24.3 Å². The number of hydrogen-bond acceptors (Lipinski definition) is 4. The van der Waals surface area contributed by atoms with Crippen molar-refractivity contribution in [3.05, 3.63) is 42.0 Å². The van der Waals surface area contributed by atoms with E-state index in [4.69, 9.17) is 0 Å². The van der Waals surface area contributed by atoms with Crippen LogP contribution in [0.1, 0.15) is 38.1 Å². The molecule has 2 N–H and O–H groups in total. The molecule has 9 heteroatoms. The summed E-state index contributed by atoms with van der Waals surface area (Å²) in [6.07, 6.45) is 4.22. The maximum absolute atomic E-state index is 11.9. The van der Waals surface area contributed by atoms with Crippen molar-refractivity contribution in [3.63, 3.8) is 0 Å². The molecule has 1 aliphatic heterocycles. The first-order valence-electron chi connectivity index (χ1n) is 9.99. The number of aromatic nitrogens is 3. The van der Waals surface area contributed by atoms with Crippen LogP contribution < -0.4 is 15.5 Å². The molecule has 1 saturated heterocycles. The molecular weight excluding hydrogens is 481 g/mol. The molecule has 0 atom stereocenters. The summed E-state index contributed by atoms with van der Waals surface area (Å²) in [4.78, 5) is 18.4. The van der Waals surface area contributed by atoms with Crippen molar-refractivity contribution in [1.82, 2.24) is 25.4 Å². The second kappa shape index (κ2) is 11.7. The number of aryl methyl sites for hydroxylation is 1. The summed E-state index contributed by atoms with van der Waals surface area (Å²) >= 11 is 0. The van der Waals surface area contributed by atoms with Crippen molar-refractivity contribution in [3.8, 4) is 0 Å². The summed E-state index contributed by atoms with van der Waals surface area (Å²) < 4.78 is 2.05. The number of nitrogens with zero attached hydrogens (tertiary/aromatic N) is 5. The molecule has 8 nitrogen and oxygen atoms in total. The number of hydrogen-bond donors (Lipinski definition) is 2. The molecule has 2 aromatic rings. The third-order valence-corrected chi connectivity index (χ3v) is 4.74. The van der Waals surface area contributed by atoms with Crippen LogP contribution in [0.15, 0.2) is 35.6 Å². The molecule has 3 rings (SSSR count). The fourth-order valence-electron chi connectivity index (χ4n) is 3.25. The number of anilines is 1. The second-order valence-corrected chi connectivity index (χ2v) is 6.73. The first-order valence-corrected chi connectivity index (χ1v) is 9.99. The summed E-state index contributed by atoms with van der Waals surface area (Å²) in [6, 6.07) is 8.09. The van der Waals surface area contributed by atoms with Gasteiger partial charge in [0.05, 0.1) is 6.54 Å². The first-order chi connectivity index (χ1) is 13.7. The molecule has 1 aliphatic rings. The Hall–Kier alpha value is -2.17. The largest absolute Gasteiger partial charge is 0.357 e. The molecule has 0 bridgehead atoms. The molecule has 1 aromatic heterocycles. The van der Waals surface area contributed by atoms with Crippen LogP contribution >= 0.6 is 24.0 Å². The second-order valence-electron chi connectivity index (χ2n) is 6.73. The van der Waals surface area contributed by atoms with Crippen LogP contribution in [0.25, 0.3) is 0 Å². The highest BCUT2D eigenvalue weighted by molar-refractivity contribution is 14.0. The van der Waals surface area contributed by atoms with Crippen molar-refractivity contribution in [1.29, 1.82) is 0 Å². The lowest BCUT2D eigenvalue weighted by Gasteiger charge is -2.16. The molecule has 1 fully saturated rings. The van der Waals surface area contributed by atoms with Gasteiger partial charge in [-0.15, -0.1) is 34.2 Å². The third-order valence-electron chi connectivity index (χ3n) is 4.74. The zero-order chi connectivity index (χ0) is 19.8. The van der Waals surface area contributed by atoms with E-state index in [0.717, 1.165) is 62.1 Å². The van der Waals surface area contributed by atoms with Crippen molar-refractivity contribution in [2.24, 2.45) is 4.99 Å². The van der Waals surface area contributed by atoms with Crippen molar-refractivity contribution in [2.75, 3.05) is 24.5 Å². The van der Waals surface area contributed by atoms with Gasteiger partial charge >= 0.3 is 0 Å². The summed E-state index contributed by atoms with van der Waals surface area (Å²) in [6.45, 7) is 7.85. The lowest BCUT2D eigenvalue weighted by molar-refractivity contribution is -0.117. The standard InChI is InChI=1S/C20H29N7O.HI/c1-3-18-25-24-15-26(18)13-11-22-20(21-4-2)23-14-16-7-9-17(10-8-16)27-12-5-6-19(27)28;/h7-10,15H,3-6,11-14H2,1-2H3,(H2,21,22,23);1H. The first kappa shape index (κ1) is 23.1. The van der Waals surface area contributed by atoms with Crippen molar-refractivity contribution < 1.29 is 4.79 Å². The lowest BCUT2D eigenvalue weighted by Crippen LogP contribution is -2.38. The number of halogens is 1. The summed E-state index contributed by atoms with van der Waals surface area (Å²) in [7, 11) is 0.